The molecular formula is C15H18N2O3. The standard InChI is InChI=1S/C15H18N2O3/c1-18-11-4-5-13(14(7-11)20-3)15(16)10-6-12(19-2)9-17-8-10/h4-9,15H,16H2,1-3H3. The highest BCUT2D eigenvalue weighted by Gasteiger charge is 2.15. The SMILES string of the molecule is COc1cncc(C(N)c2ccc(OC)cc2OC)c1. The molecule has 0 amide bonds. The quantitative estimate of drug-likeness (QED) is 0.905. The highest BCUT2D eigenvalue weighted by molar-refractivity contribution is 5.46. The molecule has 106 valence electrons. The lowest BCUT2D eigenvalue weighted by Gasteiger charge is -2.17. The van der Waals surface area contributed by atoms with Crippen LogP contribution in [0.3, 0.4) is 0 Å². The summed E-state index contributed by atoms with van der Waals surface area (Å²) in [7, 11) is 4.81. The molecule has 5 nitrogen and oxygen atoms in total. The molecule has 0 saturated heterocycles. The van der Waals surface area contributed by atoms with E-state index in [0.717, 1.165) is 16.9 Å². The van der Waals surface area contributed by atoms with Crippen molar-refractivity contribution in [1.82, 2.24) is 4.98 Å². The lowest BCUT2D eigenvalue weighted by Crippen LogP contribution is -2.13. The normalized spacial score (nSPS) is 11.8. The van der Waals surface area contributed by atoms with Crippen LogP contribution in [0.5, 0.6) is 17.2 Å². The molecule has 2 rings (SSSR count). The fourth-order valence-corrected chi connectivity index (χ4v) is 1.97. The second kappa shape index (κ2) is 6.25. The highest BCUT2D eigenvalue weighted by Crippen LogP contribution is 2.32. The van der Waals surface area contributed by atoms with Crippen LogP contribution in [0.2, 0.25) is 0 Å². The van der Waals surface area contributed by atoms with E-state index < -0.39 is 0 Å². The molecule has 0 spiro atoms. The average Bonchev–Trinajstić information content (AvgIpc) is 2.53. The molecule has 2 aromatic rings. The smallest absolute Gasteiger partial charge is 0.137 e. The van der Waals surface area contributed by atoms with Crippen LogP contribution in [0.1, 0.15) is 17.2 Å². The minimum Gasteiger partial charge on any atom is -0.497 e. The van der Waals surface area contributed by atoms with Gasteiger partial charge in [0.2, 0.25) is 0 Å². The molecule has 0 radical (unpaired) electrons. The van der Waals surface area contributed by atoms with Gasteiger partial charge >= 0.3 is 0 Å². The van der Waals surface area contributed by atoms with E-state index in [4.69, 9.17) is 19.9 Å². The van der Waals surface area contributed by atoms with Gasteiger partial charge in [-0.15, -0.1) is 0 Å². The Bertz CT molecular complexity index is 587. The molecule has 0 aliphatic carbocycles. The molecule has 5 heteroatoms. The van der Waals surface area contributed by atoms with Crippen molar-refractivity contribution >= 4 is 0 Å². The van der Waals surface area contributed by atoms with Gasteiger partial charge in [0.1, 0.15) is 17.2 Å². The molecule has 2 N–H and O–H groups in total. The number of pyridine rings is 1. The Balaban J connectivity index is 2.39. The number of nitrogens with zero attached hydrogens (tertiary/aromatic N) is 1. The van der Waals surface area contributed by atoms with E-state index in [0.29, 0.717) is 11.5 Å². The maximum atomic E-state index is 6.29. The molecular weight excluding hydrogens is 256 g/mol. The third-order valence-electron chi connectivity index (χ3n) is 3.10. The number of rotatable bonds is 5. The van der Waals surface area contributed by atoms with Gasteiger partial charge in [0.25, 0.3) is 0 Å². The Labute approximate surface area is 118 Å². The molecule has 20 heavy (non-hydrogen) atoms. The Morgan fingerprint density at radius 3 is 2.35 bits per heavy atom. The van der Waals surface area contributed by atoms with Crippen molar-refractivity contribution < 1.29 is 14.2 Å². The Hall–Kier alpha value is -2.27. The summed E-state index contributed by atoms with van der Waals surface area (Å²) in [5.41, 5.74) is 8.01. The van der Waals surface area contributed by atoms with Crippen LogP contribution in [-0.4, -0.2) is 26.3 Å². The van der Waals surface area contributed by atoms with E-state index >= 15 is 0 Å². The van der Waals surface area contributed by atoms with Crippen LogP contribution < -0.4 is 19.9 Å². The van der Waals surface area contributed by atoms with Gasteiger partial charge in [-0.05, 0) is 23.8 Å². The van der Waals surface area contributed by atoms with E-state index in [2.05, 4.69) is 4.98 Å². The van der Waals surface area contributed by atoms with Gasteiger partial charge in [-0.25, -0.2) is 0 Å². The first-order valence-corrected chi connectivity index (χ1v) is 6.16. The van der Waals surface area contributed by atoms with Crippen molar-refractivity contribution in [2.45, 2.75) is 6.04 Å². The molecule has 0 aliphatic rings. The topological polar surface area (TPSA) is 66.6 Å². The van der Waals surface area contributed by atoms with Crippen LogP contribution in [0.15, 0.2) is 36.7 Å². The van der Waals surface area contributed by atoms with Gasteiger partial charge in [-0.1, -0.05) is 0 Å². The van der Waals surface area contributed by atoms with Crippen molar-refractivity contribution in [2.75, 3.05) is 21.3 Å². The Morgan fingerprint density at radius 2 is 1.70 bits per heavy atom. The van der Waals surface area contributed by atoms with Crippen molar-refractivity contribution in [3.8, 4) is 17.2 Å². The summed E-state index contributed by atoms with van der Waals surface area (Å²) in [6.45, 7) is 0. The summed E-state index contributed by atoms with van der Waals surface area (Å²) in [5.74, 6) is 2.08. The minimum atomic E-state index is -0.349. The average molecular weight is 274 g/mol. The number of aromatic nitrogens is 1. The number of hydrogen-bond acceptors (Lipinski definition) is 5. The minimum absolute atomic E-state index is 0.349. The second-order valence-corrected chi connectivity index (χ2v) is 4.24. The summed E-state index contributed by atoms with van der Waals surface area (Å²) >= 11 is 0. The number of benzene rings is 1. The van der Waals surface area contributed by atoms with Crippen molar-refractivity contribution in [1.29, 1.82) is 0 Å². The number of hydrogen-bond donors (Lipinski definition) is 1. The van der Waals surface area contributed by atoms with Gasteiger partial charge in [0, 0.05) is 17.8 Å². The molecule has 1 heterocycles. The van der Waals surface area contributed by atoms with Crippen molar-refractivity contribution in [2.24, 2.45) is 5.73 Å². The second-order valence-electron chi connectivity index (χ2n) is 4.24. The molecule has 1 aromatic carbocycles. The Kier molecular flexibility index (Phi) is 4.42. The van der Waals surface area contributed by atoms with Gasteiger partial charge in [-0.3, -0.25) is 4.98 Å². The van der Waals surface area contributed by atoms with Crippen molar-refractivity contribution in [3.63, 3.8) is 0 Å². The molecule has 0 bridgehead atoms. The van der Waals surface area contributed by atoms with E-state index in [1.165, 1.54) is 0 Å². The summed E-state index contributed by atoms with van der Waals surface area (Å²) < 4.78 is 15.7. The van der Waals surface area contributed by atoms with E-state index in [-0.39, 0.29) is 6.04 Å². The van der Waals surface area contributed by atoms with Gasteiger partial charge < -0.3 is 19.9 Å². The van der Waals surface area contributed by atoms with Gasteiger partial charge in [0.15, 0.2) is 0 Å². The molecule has 0 fully saturated rings. The number of methoxy groups -OCH3 is 3. The van der Waals surface area contributed by atoms with E-state index in [9.17, 15) is 0 Å². The first kappa shape index (κ1) is 14.1. The molecule has 1 aromatic heterocycles. The predicted molar refractivity (Wildman–Crippen MR) is 76.4 cm³/mol. The summed E-state index contributed by atoms with van der Waals surface area (Å²) in [6, 6.07) is 7.07. The highest BCUT2D eigenvalue weighted by atomic mass is 16.5. The predicted octanol–water partition coefficient (Wildman–Crippen LogP) is 2.16. The molecule has 1 atom stereocenters. The first-order chi connectivity index (χ1) is 9.69. The fraction of sp³-hybridized carbons (Fsp3) is 0.267. The molecule has 1 unspecified atom stereocenters. The van der Waals surface area contributed by atoms with E-state index in [1.807, 2.05) is 24.3 Å². The largest absolute Gasteiger partial charge is 0.497 e. The van der Waals surface area contributed by atoms with E-state index in [1.54, 1.807) is 33.7 Å². The fourth-order valence-electron chi connectivity index (χ4n) is 1.97. The maximum Gasteiger partial charge on any atom is 0.137 e. The summed E-state index contributed by atoms with van der Waals surface area (Å²) in [6.07, 6.45) is 3.36. The first-order valence-electron chi connectivity index (χ1n) is 6.16. The molecule has 0 aliphatic heterocycles. The molecule has 0 saturated carbocycles. The van der Waals surface area contributed by atoms with Crippen LogP contribution in [0, 0.1) is 0 Å². The zero-order valence-electron chi connectivity index (χ0n) is 11.8. The summed E-state index contributed by atoms with van der Waals surface area (Å²) in [4.78, 5) is 4.12. The van der Waals surface area contributed by atoms with Crippen molar-refractivity contribution in [3.05, 3.63) is 47.8 Å². The maximum absolute atomic E-state index is 6.29. The van der Waals surface area contributed by atoms with Crippen LogP contribution in [-0.2, 0) is 0 Å². The van der Waals surface area contributed by atoms with Crippen LogP contribution in [0.25, 0.3) is 0 Å². The monoisotopic (exact) mass is 274 g/mol. The van der Waals surface area contributed by atoms with Crippen LogP contribution in [0.4, 0.5) is 0 Å². The third kappa shape index (κ3) is 2.83. The number of ether oxygens (including phenoxy) is 3. The summed E-state index contributed by atoms with van der Waals surface area (Å²) in [5, 5.41) is 0. The Morgan fingerprint density at radius 1 is 0.950 bits per heavy atom. The zero-order chi connectivity index (χ0) is 14.5. The lowest BCUT2D eigenvalue weighted by molar-refractivity contribution is 0.389. The van der Waals surface area contributed by atoms with Gasteiger partial charge in [0.05, 0.1) is 33.6 Å². The van der Waals surface area contributed by atoms with Gasteiger partial charge in [-0.2, -0.15) is 0 Å². The number of nitrogens with two attached hydrogens (primary N) is 1. The third-order valence-corrected chi connectivity index (χ3v) is 3.10. The lowest BCUT2D eigenvalue weighted by atomic mass is 10.00. The zero-order valence-corrected chi connectivity index (χ0v) is 11.8. The van der Waals surface area contributed by atoms with Crippen LogP contribution >= 0.6 is 0 Å².